The zero-order valence-corrected chi connectivity index (χ0v) is 9.19. The summed E-state index contributed by atoms with van der Waals surface area (Å²) in [6, 6.07) is 5.82. The van der Waals surface area contributed by atoms with Crippen LogP contribution in [0.2, 0.25) is 5.02 Å². The highest BCUT2D eigenvalue weighted by Crippen LogP contribution is 2.35. The van der Waals surface area contributed by atoms with E-state index in [-0.39, 0.29) is 5.41 Å². The number of carbonyl (C=O) groups is 1. The highest BCUT2D eigenvalue weighted by Gasteiger charge is 2.34. The molecule has 0 fully saturated rings. The van der Waals surface area contributed by atoms with Crippen molar-refractivity contribution in [3.8, 4) is 0 Å². The van der Waals surface area contributed by atoms with Crippen LogP contribution in [0.1, 0.15) is 31.4 Å². The minimum Gasteiger partial charge on any atom is -0.299 e. The first-order valence-electron chi connectivity index (χ1n) is 4.84. The Kier molecular flexibility index (Phi) is 2.15. The molecule has 1 aliphatic rings. The van der Waals surface area contributed by atoms with Crippen molar-refractivity contribution in [1.29, 1.82) is 0 Å². The van der Waals surface area contributed by atoms with E-state index in [1.54, 1.807) is 0 Å². The van der Waals surface area contributed by atoms with Crippen LogP contribution in [0.15, 0.2) is 18.2 Å². The quantitative estimate of drug-likeness (QED) is 0.640. The van der Waals surface area contributed by atoms with Crippen molar-refractivity contribution in [2.75, 3.05) is 0 Å². The molecule has 74 valence electrons. The molecule has 1 nitrogen and oxygen atoms in total. The molecule has 0 unspecified atom stereocenters. The summed E-state index contributed by atoms with van der Waals surface area (Å²) in [5.74, 6) is 0.326. The monoisotopic (exact) mass is 208 g/mol. The van der Waals surface area contributed by atoms with Gasteiger partial charge in [0.1, 0.15) is 5.78 Å². The number of halogens is 1. The second-order valence-electron chi connectivity index (χ2n) is 4.35. The maximum absolute atomic E-state index is 11.7. The van der Waals surface area contributed by atoms with Gasteiger partial charge in [0.05, 0.1) is 0 Å². The molecule has 0 aliphatic heterocycles. The van der Waals surface area contributed by atoms with E-state index >= 15 is 0 Å². The number of ketones is 1. The summed E-state index contributed by atoms with van der Waals surface area (Å²) in [4.78, 5) is 11.7. The molecule has 0 atom stereocenters. The number of fused-ring (bicyclic) bond motifs is 1. The third-order valence-electron chi connectivity index (χ3n) is 3.06. The van der Waals surface area contributed by atoms with E-state index in [4.69, 9.17) is 11.6 Å². The molecule has 0 heterocycles. The largest absolute Gasteiger partial charge is 0.299 e. The van der Waals surface area contributed by atoms with Crippen LogP contribution in [-0.2, 0) is 16.6 Å². The minimum absolute atomic E-state index is 0.326. The van der Waals surface area contributed by atoms with Crippen molar-refractivity contribution in [2.45, 2.75) is 32.1 Å². The lowest BCUT2D eigenvalue weighted by Gasteiger charge is -2.31. The third kappa shape index (κ3) is 1.36. The SMILES string of the molecule is CC1(C)C(=O)CCc2cc(Cl)ccc21. The first-order valence-corrected chi connectivity index (χ1v) is 5.22. The van der Waals surface area contributed by atoms with Gasteiger partial charge in [-0.25, -0.2) is 0 Å². The molecule has 0 spiro atoms. The molecule has 0 bridgehead atoms. The first-order chi connectivity index (χ1) is 6.51. The number of benzene rings is 1. The molecule has 0 aromatic heterocycles. The van der Waals surface area contributed by atoms with Crippen LogP contribution in [0, 0.1) is 0 Å². The van der Waals surface area contributed by atoms with Crippen LogP contribution in [0.3, 0.4) is 0 Å². The normalized spacial score (nSPS) is 19.2. The van der Waals surface area contributed by atoms with E-state index < -0.39 is 0 Å². The lowest BCUT2D eigenvalue weighted by atomic mass is 9.72. The average molecular weight is 209 g/mol. The maximum Gasteiger partial charge on any atom is 0.143 e. The van der Waals surface area contributed by atoms with E-state index in [2.05, 4.69) is 0 Å². The number of hydrogen-bond donors (Lipinski definition) is 0. The Bertz CT molecular complexity index is 393. The molecule has 1 aromatic rings. The molecular formula is C12H13ClO. The summed E-state index contributed by atoms with van der Waals surface area (Å²) in [6.07, 6.45) is 1.47. The maximum atomic E-state index is 11.7. The molecule has 1 aliphatic carbocycles. The number of carbonyl (C=O) groups excluding carboxylic acids is 1. The topological polar surface area (TPSA) is 17.1 Å². The van der Waals surface area contributed by atoms with Gasteiger partial charge < -0.3 is 0 Å². The summed E-state index contributed by atoms with van der Waals surface area (Å²) >= 11 is 5.92. The lowest BCUT2D eigenvalue weighted by molar-refractivity contribution is -0.124. The Hall–Kier alpha value is -0.820. The van der Waals surface area contributed by atoms with Gasteiger partial charge in [-0.3, -0.25) is 4.79 Å². The zero-order valence-electron chi connectivity index (χ0n) is 8.43. The summed E-state index contributed by atoms with van der Waals surface area (Å²) in [5.41, 5.74) is 2.03. The standard InChI is InChI=1S/C12H13ClO/c1-12(2)10-5-4-9(13)7-8(10)3-6-11(12)14/h4-5,7H,3,6H2,1-2H3. The Morgan fingerprint density at radius 1 is 1.29 bits per heavy atom. The number of aryl methyl sites for hydroxylation is 1. The minimum atomic E-state index is -0.335. The van der Waals surface area contributed by atoms with Gasteiger partial charge in [0.25, 0.3) is 0 Å². The van der Waals surface area contributed by atoms with Gasteiger partial charge in [-0.05, 0) is 43.5 Å². The number of rotatable bonds is 0. The Balaban J connectivity index is 2.59. The average Bonchev–Trinajstić information content (AvgIpc) is 2.12. The molecule has 0 amide bonds. The van der Waals surface area contributed by atoms with E-state index in [0.717, 1.165) is 17.0 Å². The molecule has 0 radical (unpaired) electrons. The van der Waals surface area contributed by atoms with Gasteiger partial charge in [-0.2, -0.15) is 0 Å². The Labute approximate surface area is 89.1 Å². The highest BCUT2D eigenvalue weighted by molar-refractivity contribution is 6.30. The van der Waals surface area contributed by atoms with Crippen LogP contribution in [0.5, 0.6) is 0 Å². The lowest BCUT2D eigenvalue weighted by Crippen LogP contribution is -2.34. The second-order valence-corrected chi connectivity index (χ2v) is 4.79. The fraction of sp³-hybridized carbons (Fsp3) is 0.417. The van der Waals surface area contributed by atoms with Crippen molar-refractivity contribution < 1.29 is 4.79 Å². The summed E-state index contributed by atoms with van der Waals surface area (Å²) in [7, 11) is 0. The van der Waals surface area contributed by atoms with Gasteiger partial charge in [-0.1, -0.05) is 17.7 Å². The molecule has 2 heteroatoms. The molecule has 0 saturated heterocycles. The van der Waals surface area contributed by atoms with Crippen LogP contribution in [0.25, 0.3) is 0 Å². The van der Waals surface area contributed by atoms with Crippen LogP contribution in [0.4, 0.5) is 0 Å². The predicted molar refractivity (Wildman–Crippen MR) is 57.8 cm³/mol. The van der Waals surface area contributed by atoms with Gasteiger partial charge in [-0.15, -0.1) is 0 Å². The zero-order chi connectivity index (χ0) is 10.3. The molecular weight excluding hydrogens is 196 g/mol. The van der Waals surface area contributed by atoms with Crippen molar-refractivity contribution in [2.24, 2.45) is 0 Å². The molecule has 14 heavy (non-hydrogen) atoms. The van der Waals surface area contributed by atoms with Crippen LogP contribution < -0.4 is 0 Å². The van der Waals surface area contributed by atoms with Crippen molar-refractivity contribution in [3.63, 3.8) is 0 Å². The van der Waals surface area contributed by atoms with Crippen LogP contribution >= 0.6 is 11.6 Å². The molecule has 2 rings (SSSR count). The van der Waals surface area contributed by atoms with Gasteiger partial charge >= 0.3 is 0 Å². The second kappa shape index (κ2) is 3.09. The fourth-order valence-electron chi connectivity index (χ4n) is 2.09. The summed E-state index contributed by atoms with van der Waals surface area (Å²) < 4.78 is 0. The number of Topliss-reactive ketones (excluding diaryl/α,β-unsaturated/α-hetero) is 1. The van der Waals surface area contributed by atoms with Crippen LogP contribution in [-0.4, -0.2) is 5.78 Å². The Morgan fingerprint density at radius 3 is 2.71 bits per heavy atom. The highest BCUT2D eigenvalue weighted by atomic mass is 35.5. The van der Waals surface area contributed by atoms with Gasteiger partial charge in [0, 0.05) is 16.9 Å². The van der Waals surface area contributed by atoms with Gasteiger partial charge in [0.15, 0.2) is 0 Å². The number of hydrogen-bond acceptors (Lipinski definition) is 1. The van der Waals surface area contributed by atoms with E-state index in [9.17, 15) is 4.79 Å². The molecule has 1 aromatic carbocycles. The van der Waals surface area contributed by atoms with Crippen molar-refractivity contribution in [3.05, 3.63) is 34.3 Å². The predicted octanol–water partition coefficient (Wildman–Crippen LogP) is 3.13. The van der Waals surface area contributed by atoms with Gasteiger partial charge in [0.2, 0.25) is 0 Å². The molecule has 0 saturated carbocycles. The van der Waals surface area contributed by atoms with E-state index in [1.807, 2.05) is 32.0 Å². The smallest absolute Gasteiger partial charge is 0.143 e. The third-order valence-corrected chi connectivity index (χ3v) is 3.29. The van der Waals surface area contributed by atoms with E-state index in [1.165, 1.54) is 5.56 Å². The van der Waals surface area contributed by atoms with E-state index in [0.29, 0.717) is 12.2 Å². The molecule has 0 N–H and O–H groups in total. The summed E-state index contributed by atoms with van der Waals surface area (Å²) in [6.45, 7) is 3.97. The first kappa shape index (κ1) is 9.72. The van der Waals surface area contributed by atoms with Crippen molar-refractivity contribution in [1.82, 2.24) is 0 Å². The van der Waals surface area contributed by atoms with Crippen molar-refractivity contribution >= 4 is 17.4 Å². The Morgan fingerprint density at radius 2 is 2.00 bits per heavy atom. The summed E-state index contributed by atoms with van der Waals surface area (Å²) in [5, 5.41) is 0.758. The fourth-order valence-corrected chi connectivity index (χ4v) is 2.28.